The zero-order valence-corrected chi connectivity index (χ0v) is 20.9. The lowest BCUT2D eigenvalue weighted by molar-refractivity contribution is -0.139. The normalized spacial score (nSPS) is 15.1. The zero-order chi connectivity index (χ0) is 23.5. The fraction of sp³-hybridized carbons (Fsp3) is 0.500. The third-order valence-corrected chi connectivity index (χ3v) is 7.39. The Bertz CT molecular complexity index is 880. The molecule has 1 N–H and O–H groups in total. The first-order valence-electron chi connectivity index (χ1n) is 12.3. The Morgan fingerprint density at radius 3 is 2.45 bits per heavy atom. The van der Waals surface area contributed by atoms with Crippen molar-refractivity contribution in [2.75, 3.05) is 12.3 Å². The SMILES string of the molecule is CC[C@@H](C(=O)NC1CCCCC1)N(CCc1ccccc1)C(=O)CSCc1cccc(C)c1. The number of aryl methyl sites for hydroxylation is 1. The molecule has 0 unspecified atom stereocenters. The van der Waals surface area contributed by atoms with Crippen molar-refractivity contribution >= 4 is 23.6 Å². The summed E-state index contributed by atoms with van der Waals surface area (Å²) in [5.41, 5.74) is 3.64. The molecule has 1 aliphatic carbocycles. The predicted octanol–water partition coefficient (Wildman–Crippen LogP) is 5.53. The Kier molecular flexibility index (Phi) is 10.3. The average Bonchev–Trinajstić information content (AvgIpc) is 2.83. The van der Waals surface area contributed by atoms with Crippen LogP contribution in [0.15, 0.2) is 54.6 Å². The molecule has 1 fully saturated rings. The van der Waals surface area contributed by atoms with E-state index in [1.165, 1.54) is 36.0 Å². The van der Waals surface area contributed by atoms with Crippen LogP contribution in [0.5, 0.6) is 0 Å². The molecule has 2 aromatic carbocycles. The Balaban J connectivity index is 1.64. The van der Waals surface area contributed by atoms with Gasteiger partial charge in [0.25, 0.3) is 0 Å². The van der Waals surface area contributed by atoms with Crippen molar-refractivity contribution in [2.45, 2.75) is 76.6 Å². The minimum Gasteiger partial charge on any atom is -0.352 e. The Labute approximate surface area is 203 Å². The van der Waals surface area contributed by atoms with Gasteiger partial charge >= 0.3 is 0 Å². The highest BCUT2D eigenvalue weighted by molar-refractivity contribution is 7.99. The van der Waals surface area contributed by atoms with Crippen LogP contribution in [0.1, 0.15) is 62.1 Å². The van der Waals surface area contributed by atoms with E-state index in [-0.39, 0.29) is 17.9 Å². The minimum atomic E-state index is -0.414. The topological polar surface area (TPSA) is 49.4 Å². The van der Waals surface area contributed by atoms with E-state index < -0.39 is 6.04 Å². The number of carbonyl (C=O) groups is 2. The molecule has 178 valence electrons. The van der Waals surface area contributed by atoms with Gasteiger partial charge in [-0.05, 0) is 43.7 Å². The number of hydrogen-bond acceptors (Lipinski definition) is 3. The van der Waals surface area contributed by atoms with Gasteiger partial charge in [0, 0.05) is 18.3 Å². The van der Waals surface area contributed by atoms with E-state index in [4.69, 9.17) is 0 Å². The summed E-state index contributed by atoms with van der Waals surface area (Å²) < 4.78 is 0. The second-order valence-corrected chi connectivity index (χ2v) is 10.1. The monoisotopic (exact) mass is 466 g/mol. The fourth-order valence-corrected chi connectivity index (χ4v) is 5.44. The van der Waals surface area contributed by atoms with Crippen LogP contribution in [0.4, 0.5) is 0 Å². The first kappa shape index (κ1) is 25.4. The van der Waals surface area contributed by atoms with Crippen molar-refractivity contribution in [1.29, 1.82) is 0 Å². The van der Waals surface area contributed by atoms with Crippen molar-refractivity contribution in [2.24, 2.45) is 0 Å². The molecule has 33 heavy (non-hydrogen) atoms. The summed E-state index contributed by atoms with van der Waals surface area (Å²) >= 11 is 1.63. The quantitative estimate of drug-likeness (QED) is 0.474. The molecule has 2 amide bonds. The van der Waals surface area contributed by atoms with Crippen molar-refractivity contribution in [1.82, 2.24) is 10.2 Å². The van der Waals surface area contributed by atoms with E-state index in [9.17, 15) is 9.59 Å². The second kappa shape index (κ2) is 13.4. The molecular formula is C28H38N2O2S. The van der Waals surface area contributed by atoms with Crippen LogP contribution in [-0.4, -0.2) is 41.1 Å². The highest BCUT2D eigenvalue weighted by Crippen LogP contribution is 2.19. The van der Waals surface area contributed by atoms with E-state index >= 15 is 0 Å². The molecule has 5 heteroatoms. The predicted molar refractivity (Wildman–Crippen MR) is 138 cm³/mol. The average molecular weight is 467 g/mol. The molecule has 0 spiro atoms. The zero-order valence-electron chi connectivity index (χ0n) is 20.1. The number of benzene rings is 2. The molecule has 0 aliphatic heterocycles. The van der Waals surface area contributed by atoms with Gasteiger partial charge in [0.05, 0.1) is 5.75 Å². The lowest BCUT2D eigenvalue weighted by atomic mass is 9.95. The van der Waals surface area contributed by atoms with Crippen LogP contribution < -0.4 is 5.32 Å². The number of rotatable bonds is 11. The summed E-state index contributed by atoms with van der Waals surface area (Å²) in [5, 5.41) is 3.25. The lowest BCUT2D eigenvalue weighted by Crippen LogP contribution is -2.52. The Morgan fingerprint density at radius 1 is 1.03 bits per heavy atom. The van der Waals surface area contributed by atoms with Crippen molar-refractivity contribution < 1.29 is 9.59 Å². The van der Waals surface area contributed by atoms with Crippen molar-refractivity contribution in [3.63, 3.8) is 0 Å². The Hall–Kier alpha value is -2.27. The summed E-state index contributed by atoms with van der Waals surface area (Å²) in [6.45, 7) is 4.65. The summed E-state index contributed by atoms with van der Waals surface area (Å²) in [6.07, 6.45) is 7.08. The summed E-state index contributed by atoms with van der Waals surface area (Å²) in [7, 11) is 0. The first-order valence-corrected chi connectivity index (χ1v) is 13.5. The summed E-state index contributed by atoms with van der Waals surface area (Å²) in [5.74, 6) is 1.24. The van der Waals surface area contributed by atoms with Crippen molar-refractivity contribution in [3.8, 4) is 0 Å². The second-order valence-electron chi connectivity index (χ2n) is 9.07. The van der Waals surface area contributed by atoms with Crippen LogP contribution in [0.2, 0.25) is 0 Å². The molecule has 1 saturated carbocycles. The fourth-order valence-electron chi connectivity index (χ4n) is 4.58. The molecule has 0 aromatic heterocycles. The number of nitrogens with zero attached hydrogens (tertiary/aromatic N) is 1. The summed E-state index contributed by atoms with van der Waals surface area (Å²) in [6, 6.07) is 18.4. The van der Waals surface area contributed by atoms with Crippen LogP contribution in [-0.2, 0) is 21.8 Å². The van der Waals surface area contributed by atoms with Gasteiger partial charge in [-0.25, -0.2) is 0 Å². The van der Waals surface area contributed by atoms with Gasteiger partial charge in [-0.15, -0.1) is 11.8 Å². The minimum absolute atomic E-state index is 0.00879. The van der Waals surface area contributed by atoms with E-state index in [1.54, 1.807) is 11.8 Å². The van der Waals surface area contributed by atoms with Gasteiger partial charge in [0.2, 0.25) is 11.8 Å². The maximum absolute atomic E-state index is 13.3. The van der Waals surface area contributed by atoms with Gasteiger partial charge in [-0.3, -0.25) is 9.59 Å². The molecule has 3 rings (SSSR count). The molecule has 2 aromatic rings. The first-order chi connectivity index (χ1) is 16.1. The highest BCUT2D eigenvalue weighted by Gasteiger charge is 2.29. The van der Waals surface area contributed by atoms with E-state index in [0.717, 1.165) is 25.0 Å². The summed E-state index contributed by atoms with van der Waals surface area (Å²) in [4.78, 5) is 28.4. The smallest absolute Gasteiger partial charge is 0.243 e. The number of hydrogen-bond donors (Lipinski definition) is 1. The largest absolute Gasteiger partial charge is 0.352 e. The van der Waals surface area contributed by atoms with Gasteiger partial charge in [-0.2, -0.15) is 0 Å². The number of thioether (sulfide) groups is 1. The van der Waals surface area contributed by atoms with Gasteiger partial charge in [0.15, 0.2) is 0 Å². The van der Waals surface area contributed by atoms with Crippen molar-refractivity contribution in [3.05, 3.63) is 71.3 Å². The molecule has 4 nitrogen and oxygen atoms in total. The van der Waals surface area contributed by atoms with Crippen LogP contribution in [0, 0.1) is 6.92 Å². The number of nitrogens with one attached hydrogen (secondary N) is 1. The molecular weight excluding hydrogens is 428 g/mol. The van der Waals surface area contributed by atoms with Gasteiger partial charge in [-0.1, -0.05) is 86.3 Å². The lowest BCUT2D eigenvalue weighted by Gasteiger charge is -2.32. The van der Waals surface area contributed by atoms with E-state index in [2.05, 4.69) is 48.6 Å². The highest BCUT2D eigenvalue weighted by atomic mass is 32.2. The molecule has 0 saturated heterocycles. The number of amides is 2. The van der Waals surface area contributed by atoms with Crippen LogP contribution in [0.25, 0.3) is 0 Å². The third-order valence-electron chi connectivity index (χ3n) is 6.40. The maximum Gasteiger partial charge on any atom is 0.243 e. The number of carbonyl (C=O) groups excluding carboxylic acids is 2. The van der Waals surface area contributed by atoms with Crippen LogP contribution in [0.3, 0.4) is 0 Å². The Morgan fingerprint density at radius 2 is 1.76 bits per heavy atom. The molecule has 1 atom stereocenters. The van der Waals surface area contributed by atoms with Gasteiger partial charge in [0.1, 0.15) is 6.04 Å². The maximum atomic E-state index is 13.3. The molecule has 0 heterocycles. The van der Waals surface area contributed by atoms with E-state index in [1.807, 2.05) is 30.0 Å². The van der Waals surface area contributed by atoms with Crippen LogP contribution >= 0.6 is 11.8 Å². The molecule has 1 aliphatic rings. The third kappa shape index (κ3) is 8.22. The van der Waals surface area contributed by atoms with Gasteiger partial charge < -0.3 is 10.2 Å². The molecule has 0 bridgehead atoms. The van der Waals surface area contributed by atoms with E-state index in [0.29, 0.717) is 18.7 Å². The standard InChI is InChI=1S/C28H38N2O2S/c1-3-26(28(32)29-25-15-8-5-9-16-25)30(18-17-23-12-6-4-7-13-23)27(31)21-33-20-24-14-10-11-22(2)19-24/h4,6-7,10-14,19,25-26H,3,5,8-9,15-18,20-21H2,1-2H3,(H,29,32)/t26-/m0/s1. The molecule has 0 radical (unpaired) electrons.